The first kappa shape index (κ1) is 17.5. The zero-order valence-electron chi connectivity index (χ0n) is 14.9. The average Bonchev–Trinajstić information content (AvgIpc) is 2.95. The predicted octanol–water partition coefficient (Wildman–Crippen LogP) is 0.687. The fraction of sp³-hybridized carbons (Fsp3) is 0.526. The van der Waals surface area contributed by atoms with Crippen molar-refractivity contribution in [3.63, 3.8) is 0 Å². The first-order valence-electron chi connectivity index (χ1n) is 8.80. The molecule has 0 N–H and O–H groups in total. The van der Waals surface area contributed by atoms with E-state index in [1.54, 1.807) is 16.8 Å². The summed E-state index contributed by atoms with van der Waals surface area (Å²) in [6.07, 6.45) is 0.706. The fourth-order valence-electron chi connectivity index (χ4n) is 3.46. The van der Waals surface area contributed by atoms with E-state index >= 15 is 0 Å². The van der Waals surface area contributed by atoms with E-state index in [4.69, 9.17) is 0 Å². The van der Waals surface area contributed by atoms with Crippen molar-refractivity contribution < 1.29 is 14.4 Å². The van der Waals surface area contributed by atoms with Gasteiger partial charge in [0.1, 0.15) is 0 Å². The molecule has 0 aromatic heterocycles. The third-order valence-corrected chi connectivity index (χ3v) is 5.11. The van der Waals surface area contributed by atoms with Gasteiger partial charge in [-0.1, -0.05) is 29.8 Å². The number of amides is 3. The molecule has 1 aromatic carbocycles. The highest BCUT2D eigenvalue weighted by molar-refractivity contribution is 5.89. The number of benzene rings is 1. The number of aryl methyl sites for hydroxylation is 1. The molecule has 2 saturated heterocycles. The van der Waals surface area contributed by atoms with Gasteiger partial charge in [0.2, 0.25) is 17.7 Å². The maximum Gasteiger partial charge on any atom is 0.228 e. The number of carbonyl (C=O) groups excluding carboxylic acids is 3. The minimum atomic E-state index is -0.229. The van der Waals surface area contributed by atoms with E-state index in [-0.39, 0.29) is 23.6 Å². The fourth-order valence-corrected chi connectivity index (χ4v) is 3.46. The van der Waals surface area contributed by atoms with Crippen molar-refractivity contribution in [1.82, 2.24) is 14.7 Å². The van der Waals surface area contributed by atoms with Crippen LogP contribution >= 0.6 is 0 Å². The summed E-state index contributed by atoms with van der Waals surface area (Å²) in [6, 6.07) is 8.00. The van der Waals surface area contributed by atoms with Crippen molar-refractivity contribution in [2.24, 2.45) is 5.92 Å². The van der Waals surface area contributed by atoms with Gasteiger partial charge >= 0.3 is 0 Å². The molecular formula is C19H25N3O3. The largest absolute Gasteiger partial charge is 0.345 e. The molecule has 2 fully saturated rings. The van der Waals surface area contributed by atoms with Crippen LogP contribution in [0.4, 0.5) is 0 Å². The molecule has 0 saturated carbocycles. The Hall–Kier alpha value is -2.37. The van der Waals surface area contributed by atoms with Gasteiger partial charge < -0.3 is 14.7 Å². The van der Waals surface area contributed by atoms with Gasteiger partial charge in [-0.2, -0.15) is 0 Å². The molecule has 2 heterocycles. The Balaban J connectivity index is 1.49. The van der Waals surface area contributed by atoms with Crippen LogP contribution in [-0.4, -0.2) is 72.2 Å². The monoisotopic (exact) mass is 343 g/mol. The van der Waals surface area contributed by atoms with E-state index < -0.39 is 0 Å². The molecule has 0 radical (unpaired) electrons. The average molecular weight is 343 g/mol. The van der Waals surface area contributed by atoms with Gasteiger partial charge in [0.25, 0.3) is 0 Å². The predicted molar refractivity (Wildman–Crippen MR) is 93.8 cm³/mol. The summed E-state index contributed by atoms with van der Waals surface area (Å²) in [4.78, 5) is 41.8. The Bertz CT molecular complexity index is 663. The van der Waals surface area contributed by atoms with Gasteiger partial charge in [-0.15, -0.1) is 0 Å². The molecule has 25 heavy (non-hydrogen) atoms. The van der Waals surface area contributed by atoms with Crippen LogP contribution in [0.1, 0.15) is 17.5 Å². The number of hydrogen-bond donors (Lipinski definition) is 0. The van der Waals surface area contributed by atoms with E-state index in [0.29, 0.717) is 45.6 Å². The highest BCUT2D eigenvalue weighted by atomic mass is 16.2. The normalized spacial score (nSPS) is 21.0. The van der Waals surface area contributed by atoms with Gasteiger partial charge in [-0.25, -0.2) is 0 Å². The molecule has 0 spiro atoms. The van der Waals surface area contributed by atoms with Crippen LogP contribution in [0.2, 0.25) is 0 Å². The maximum atomic E-state index is 12.5. The SMILES string of the molecule is Cc1ccc(CC(=O)N2CCN(C(=O)[C@H]3CC(=O)N(C)C3)CC2)cc1. The van der Waals surface area contributed by atoms with E-state index in [9.17, 15) is 14.4 Å². The third kappa shape index (κ3) is 4.00. The zero-order valence-corrected chi connectivity index (χ0v) is 14.9. The number of hydrogen-bond acceptors (Lipinski definition) is 3. The lowest BCUT2D eigenvalue weighted by Crippen LogP contribution is -2.52. The summed E-state index contributed by atoms with van der Waals surface area (Å²) >= 11 is 0. The molecule has 0 bridgehead atoms. The standard InChI is InChI=1S/C19H25N3O3/c1-14-3-5-15(6-4-14)11-18(24)21-7-9-22(10-8-21)19(25)16-12-17(23)20(2)13-16/h3-6,16H,7-13H2,1-2H3/t16-/m0/s1. The topological polar surface area (TPSA) is 60.9 Å². The summed E-state index contributed by atoms with van der Waals surface area (Å²) in [5, 5.41) is 0. The minimum Gasteiger partial charge on any atom is -0.345 e. The van der Waals surface area contributed by atoms with E-state index in [0.717, 1.165) is 5.56 Å². The summed E-state index contributed by atoms with van der Waals surface area (Å²) in [7, 11) is 1.73. The summed E-state index contributed by atoms with van der Waals surface area (Å²) in [6.45, 7) is 4.75. The minimum absolute atomic E-state index is 0.0326. The van der Waals surface area contributed by atoms with E-state index in [1.807, 2.05) is 36.1 Å². The number of piperazine rings is 1. The number of rotatable bonds is 3. The molecule has 1 atom stereocenters. The van der Waals surface area contributed by atoms with Crippen LogP contribution in [0.15, 0.2) is 24.3 Å². The Kier molecular flexibility index (Phi) is 5.06. The molecule has 0 aliphatic carbocycles. The van der Waals surface area contributed by atoms with Crippen LogP contribution in [0.25, 0.3) is 0 Å². The van der Waals surface area contributed by atoms with Crippen LogP contribution in [0.5, 0.6) is 0 Å². The lowest BCUT2D eigenvalue weighted by molar-refractivity contribution is -0.141. The lowest BCUT2D eigenvalue weighted by atomic mass is 10.1. The quantitative estimate of drug-likeness (QED) is 0.811. The molecule has 6 heteroatoms. The Labute approximate surface area is 148 Å². The van der Waals surface area contributed by atoms with Gasteiger partial charge in [0.05, 0.1) is 12.3 Å². The second kappa shape index (κ2) is 7.25. The first-order valence-corrected chi connectivity index (χ1v) is 8.80. The van der Waals surface area contributed by atoms with Gasteiger partial charge in [-0.3, -0.25) is 14.4 Å². The van der Waals surface area contributed by atoms with Crippen LogP contribution < -0.4 is 0 Å². The molecule has 134 valence electrons. The van der Waals surface area contributed by atoms with Crippen LogP contribution in [0, 0.1) is 12.8 Å². The summed E-state index contributed by atoms with van der Waals surface area (Å²) in [5.41, 5.74) is 2.20. The lowest BCUT2D eigenvalue weighted by Gasteiger charge is -2.36. The maximum absolute atomic E-state index is 12.5. The number of likely N-dealkylation sites (tertiary alicyclic amines) is 1. The smallest absolute Gasteiger partial charge is 0.228 e. The Morgan fingerprint density at radius 1 is 1.04 bits per heavy atom. The van der Waals surface area contributed by atoms with Crippen molar-refractivity contribution in [3.8, 4) is 0 Å². The Morgan fingerprint density at radius 3 is 2.20 bits per heavy atom. The number of carbonyl (C=O) groups is 3. The molecule has 3 amide bonds. The first-order chi connectivity index (χ1) is 11.9. The zero-order chi connectivity index (χ0) is 18.0. The van der Waals surface area contributed by atoms with Crippen molar-refractivity contribution in [1.29, 1.82) is 0 Å². The van der Waals surface area contributed by atoms with Crippen molar-refractivity contribution in [3.05, 3.63) is 35.4 Å². The summed E-state index contributed by atoms with van der Waals surface area (Å²) < 4.78 is 0. The van der Waals surface area contributed by atoms with Crippen molar-refractivity contribution in [2.75, 3.05) is 39.8 Å². The van der Waals surface area contributed by atoms with Gasteiger partial charge in [-0.05, 0) is 12.5 Å². The molecule has 0 unspecified atom stereocenters. The van der Waals surface area contributed by atoms with Crippen molar-refractivity contribution in [2.45, 2.75) is 19.8 Å². The van der Waals surface area contributed by atoms with E-state index in [1.165, 1.54) is 5.56 Å². The molecule has 3 rings (SSSR count). The highest BCUT2D eigenvalue weighted by Crippen LogP contribution is 2.19. The molecular weight excluding hydrogens is 318 g/mol. The molecule has 1 aromatic rings. The van der Waals surface area contributed by atoms with Crippen molar-refractivity contribution >= 4 is 17.7 Å². The van der Waals surface area contributed by atoms with Crippen LogP contribution in [0.3, 0.4) is 0 Å². The Morgan fingerprint density at radius 2 is 1.64 bits per heavy atom. The van der Waals surface area contributed by atoms with E-state index in [2.05, 4.69) is 0 Å². The third-order valence-electron chi connectivity index (χ3n) is 5.11. The number of nitrogens with zero attached hydrogens (tertiary/aromatic N) is 3. The second-order valence-corrected chi connectivity index (χ2v) is 7.04. The second-order valence-electron chi connectivity index (χ2n) is 7.04. The molecule has 2 aliphatic heterocycles. The van der Waals surface area contributed by atoms with Gasteiger partial charge in [0.15, 0.2) is 0 Å². The highest BCUT2D eigenvalue weighted by Gasteiger charge is 2.36. The van der Waals surface area contributed by atoms with Crippen LogP contribution in [-0.2, 0) is 20.8 Å². The van der Waals surface area contributed by atoms with Gasteiger partial charge in [0, 0.05) is 46.2 Å². The molecule has 6 nitrogen and oxygen atoms in total. The summed E-state index contributed by atoms with van der Waals surface area (Å²) in [5.74, 6) is -0.0485. The molecule has 2 aliphatic rings.